The number of carbonyl (C=O) groups is 2. The number of amides is 2. The summed E-state index contributed by atoms with van der Waals surface area (Å²) in [6.45, 7) is 3.38. The molecule has 4 aromatic rings. The molecule has 1 aliphatic carbocycles. The molecule has 1 aromatic carbocycles. The average molecular weight is 490 g/mol. The Labute approximate surface area is 213 Å². The minimum atomic E-state index is -0.561. The van der Waals surface area contributed by atoms with Crippen molar-refractivity contribution in [2.75, 3.05) is 10.6 Å². The number of nitriles is 1. The van der Waals surface area contributed by atoms with E-state index in [1.165, 1.54) is 6.92 Å². The number of nitrogens with one attached hydrogen (secondary N) is 2. The molecule has 1 aliphatic rings. The van der Waals surface area contributed by atoms with Gasteiger partial charge in [-0.3, -0.25) is 19.6 Å². The highest BCUT2D eigenvalue weighted by molar-refractivity contribution is 6.04. The zero-order valence-electron chi connectivity index (χ0n) is 20.3. The van der Waals surface area contributed by atoms with Crippen LogP contribution in [0.15, 0.2) is 67.3 Å². The van der Waals surface area contributed by atoms with Crippen LogP contribution in [-0.4, -0.2) is 31.8 Å². The number of nitrogens with zero attached hydrogens (tertiary/aromatic N) is 5. The second-order valence-electron chi connectivity index (χ2n) is 9.01. The van der Waals surface area contributed by atoms with Crippen LogP contribution in [0.2, 0.25) is 0 Å². The SMILES string of the molecule is CC(=O)Nc1cc(-c2cncc(-c3cc(NC(=O)c4ccnc(C5(C#N)CC5)c4)ccc3C)n2)ccn1. The highest BCUT2D eigenvalue weighted by Crippen LogP contribution is 2.46. The summed E-state index contributed by atoms with van der Waals surface area (Å²) in [7, 11) is 0. The number of anilines is 2. The molecule has 0 bridgehead atoms. The largest absolute Gasteiger partial charge is 0.322 e. The first-order valence-corrected chi connectivity index (χ1v) is 11.7. The summed E-state index contributed by atoms with van der Waals surface area (Å²) in [5, 5.41) is 15.1. The lowest BCUT2D eigenvalue weighted by molar-refractivity contribution is -0.114. The number of hydrogen-bond donors (Lipinski definition) is 2. The summed E-state index contributed by atoms with van der Waals surface area (Å²) in [6, 6.07) is 14.8. The summed E-state index contributed by atoms with van der Waals surface area (Å²) < 4.78 is 0. The fourth-order valence-electron chi connectivity index (χ4n) is 4.04. The molecule has 9 heteroatoms. The average Bonchev–Trinajstić information content (AvgIpc) is 3.71. The Morgan fingerprint density at radius 1 is 0.973 bits per heavy atom. The molecule has 9 nitrogen and oxygen atoms in total. The van der Waals surface area contributed by atoms with E-state index in [2.05, 4.69) is 31.7 Å². The van der Waals surface area contributed by atoms with Crippen molar-refractivity contribution in [3.63, 3.8) is 0 Å². The van der Waals surface area contributed by atoms with E-state index >= 15 is 0 Å². The summed E-state index contributed by atoms with van der Waals surface area (Å²) in [6.07, 6.45) is 8.00. The fourth-order valence-corrected chi connectivity index (χ4v) is 4.04. The van der Waals surface area contributed by atoms with Gasteiger partial charge in [0.1, 0.15) is 5.82 Å². The van der Waals surface area contributed by atoms with Gasteiger partial charge in [0.25, 0.3) is 5.91 Å². The Hall–Kier alpha value is -4.97. The third-order valence-corrected chi connectivity index (χ3v) is 6.24. The molecule has 37 heavy (non-hydrogen) atoms. The maximum Gasteiger partial charge on any atom is 0.255 e. The van der Waals surface area contributed by atoms with Gasteiger partial charge in [0.2, 0.25) is 5.91 Å². The van der Waals surface area contributed by atoms with Crippen LogP contribution in [-0.2, 0) is 10.2 Å². The van der Waals surface area contributed by atoms with E-state index < -0.39 is 5.41 Å². The Morgan fingerprint density at radius 3 is 2.51 bits per heavy atom. The Kier molecular flexibility index (Phi) is 6.15. The summed E-state index contributed by atoms with van der Waals surface area (Å²) >= 11 is 0. The Bertz CT molecular complexity index is 1570. The molecule has 0 saturated heterocycles. The molecule has 0 spiro atoms. The fraction of sp³-hybridized carbons (Fsp3) is 0.179. The lowest BCUT2D eigenvalue weighted by atomic mass is 10.0. The number of aryl methyl sites for hydroxylation is 1. The van der Waals surface area contributed by atoms with Crippen LogP contribution in [0.5, 0.6) is 0 Å². The van der Waals surface area contributed by atoms with Crippen molar-refractivity contribution in [1.29, 1.82) is 5.26 Å². The highest BCUT2D eigenvalue weighted by atomic mass is 16.2. The van der Waals surface area contributed by atoms with E-state index in [1.807, 2.05) is 25.1 Å². The van der Waals surface area contributed by atoms with Crippen molar-refractivity contribution in [1.82, 2.24) is 19.9 Å². The Balaban J connectivity index is 1.40. The minimum absolute atomic E-state index is 0.209. The van der Waals surface area contributed by atoms with Gasteiger partial charge in [-0.15, -0.1) is 0 Å². The van der Waals surface area contributed by atoms with Crippen LogP contribution in [0.4, 0.5) is 11.5 Å². The van der Waals surface area contributed by atoms with Crippen LogP contribution >= 0.6 is 0 Å². The first-order valence-electron chi connectivity index (χ1n) is 11.7. The van der Waals surface area contributed by atoms with E-state index in [1.54, 1.807) is 49.1 Å². The predicted octanol–water partition coefficient (Wildman–Crippen LogP) is 4.67. The molecule has 5 rings (SSSR count). The summed E-state index contributed by atoms with van der Waals surface area (Å²) in [4.78, 5) is 42.0. The predicted molar refractivity (Wildman–Crippen MR) is 138 cm³/mol. The topological polar surface area (TPSA) is 134 Å². The van der Waals surface area contributed by atoms with Crippen LogP contribution in [0.3, 0.4) is 0 Å². The maximum atomic E-state index is 13.0. The number of hydrogen-bond acceptors (Lipinski definition) is 7. The van der Waals surface area contributed by atoms with Crippen LogP contribution in [0.1, 0.15) is 41.4 Å². The quantitative estimate of drug-likeness (QED) is 0.402. The van der Waals surface area contributed by atoms with Gasteiger partial charge in [-0.1, -0.05) is 6.07 Å². The highest BCUT2D eigenvalue weighted by Gasteiger charge is 2.46. The number of pyridine rings is 2. The molecular weight excluding hydrogens is 466 g/mol. The van der Waals surface area contributed by atoms with Crippen LogP contribution in [0, 0.1) is 18.3 Å². The summed E-state index contributed by atoms with van der Waals surface area (Å²) in [5.41, 5.74) is 4.93. The van der Waals surface area contributed by atoms with Gasteiger partial charge < -0.3 is 10.6 Å². The summed E-state index contributed by atoms with van der Waals surface area (Å²) in [5.74, 6) is -0.0619. The second-order valence-corrected chi connectivity index (χ2v) is 9.01. The molecule has 0 unspecified atom stereocenters. The smallest absolute Gasteiger partial charge is 0.255 e. The monoisotopic (exact) mass is 489 g/mol. The standard InChI is InChI=1S/C28H23N7O2/c1-17-3-4-21(34-27(37)20-6-9-31-25(11-20)28(16-29)7-8-28)13-22(17)24-15-30-14-23(35-24)19-5-10-32-26(12-19)33-18(2)36/h3-6,9-15H,7-8H2,1-2H3,(H,34,37)(H,32,33,36). The third-order valence-electron chi connectivity index (χ3n) is 6.24. The zero-order chi connectivity index (χ0) is 26.0. The number of rotatable bonds is 6. The number of carbonyl (C=O) groups excluding carboxylic acids is 2. The Morgan fingerprint density at radius 2 is 1.76 bits per heavy atom. The van der Waals surface area contributed by atoms with Crippen LogP contribution in [0.25, 0.3) is 22.5 Å². The van der Waals surface area contributed by atoms with E-state index in [-0.39, 0.29) is 11.8 Å². The van der Waals surface area contributed by atoms with Gasteiger partial charge in [-0.2, -0.15) is 5.26 Å². The third kappa shape index (κ3) is 5.04. The first-order chi connectivity index (χ1) is 17.9. The van der Waals surface area contributed by atoms with E-state index in [0.29, 0.717) is 34.2 Å². The van der Waals surface area contributed by atoms with Gasteiger partial charge in [-0.05, 0) is 61.7 Å². The number of aromatic nitrogens is 4. The van der Waals surface area contributed by atoms with Gasteiger partial charge in [0.15, 0.2) is 0 Å². The van der Waals surface area contributed by atoms with Crippen molar-refractivity contribution in [3.8, 4) is 28.6 Å². The molecule has 3 heterocycles. The minimum Gasteiger partial charge on any atom is -0.322 e. The van der Waals surface area contributed by atoms with E-state index in [4.69, 9.17) is 4.98 Å². The molecule has 3 aromatic heterocycles. The maximum absolute atomic E-state index is 13.0. The van der Waals surface area contributed by atoms with Gasteiger partial charge in [-0.25, -0.2) is 9.97 Å². The van der Waals surface area contributed by atoms with E-state index in [9.17, 15) is 14.9 Å². The lowest BCUT2D eigenvalue weighted by Crippen LogP contribution is -2.14. The molecule has 1 saturated carbocycles. The van der Waals surface area contributed by atoms with Crippen molar-refractivity contribution < 1.29 is 9.59 Å². The molecule has 0 atom stereocenters. The second kappa shape index (κ2) is 9.59. The molecule has 2 amide bonds. The van der Waals surface area contributed by atoms with Crippen molar-refractivity contribution >= 4 is 23.3 Å². The lowest BCUT2D eigenvalue weighted by Gasteiger charge is -2.12. The molecule has 2 N–H and O–H groups in total. The van der Waals surface area contributed by atoms with E-state index in [0.717, 1.165) is 29.5 Å². The van der Waals surface area contributed by atoms with Crippen molar-refractivity contribution in [3.05, 3.63) is 84.1 Å². The molecular formula is C28H23N7O2. The first kappa shape index (κ1) is 23.8. The molecule has 0 radical (unpaired) electrons. The molecule has 0 aliphatic heterocycles. The zero-order valence-corrected chi connectivity index (χ0v) is 20.3. The number of benzene rings is 1. The van der Waals surface area contributed by atoms with Crippen LogP contribution < -0.4 is 10.6 Å². The van der Waals surface area contributed by atoms with Crippen molar-refractivity contribution in [2.24, 2.45) is 0 Å². The van der Waals surface area contributed by atoms with Gasteiger partial charge in [0.05, 0.1) is 41.0 Å². The molecule has 1 fully saturated rings. The van der Waals surface area contributed by atoms with Crippen molar-refractivity contribution in [2.45, 2.75) is 32.1 Å². The van der Waals surface area contributed by atoms with Gasteiger partial charge >= 0.3 is 0 Å². The van der Waals surface area contributed by atoms with Gasteiger partial charge in [0, 0.05) is 41.7 Å². The normalized spacial score (nSPS) is 13.3. The molecule has 182 valence electrons.